The zero-order valence-electron chi connectivity index (χ0n) is 19.0. The van der Waals surface area contributed by atoms with Gasteiger partial charge in [-0.15, -0.1) is 0 Å². The van der Waals surface area contributed by atoms with Gasteiger partial charge >= 0.3 is 12.1 Å². The summed E-state index contributed by atoms with van der Waals surface area (Å²) < 4.78 is 20.0. The van der Waals surface area contributed by atoms with Crippen LogP contribution < -0.4 is 9.80 Å². The molecule has 3 fully saturated rings. The van der Waals surface area contributed by atoms with Crippen molar-refractivity contribution < 1.29 is 18.7 Å². The second-order valence-corrected chi connectivity index (χ2v) is 9.54. The van der Waals surface area contributed by atoms with E-state index in [1.54, 1.807) is 28.0 Å². The number of halogens is 1. The number of imidazole rings is 1. The van der Waals surface area contributed by atoms with Gasteiger partial charge < -0.3 is 14.6 Å². The van der Waals surface area contributed by atoms with Crippen molar-refractivity contribution in [3.63, 3.8) is 0 Å². The van der Waals surface area contributed by atoms with Gasteiger partial charge in [-0.05, 0) is 56.0 Å². The lowest BCUT2D eigenvalue weighted by atomic mass is 9.78. The molecule has 0 atom stereocenters. The highest BCUT2D eigenvalue weighted by Gasteiger charge is 2.48. The molecular weight excluding hydrogens is 437 g/mol. The van der Waals surface area contributed by atoms with Crippen molar-refractivity contribution in [2.75, 3.05) is 36.5 Å². The van der Waals surface area contributed by atoms with Crippen molar-refractivity contribution in [3.05, 3.63) is 54.1 Å². The van der Waals surface area contributed by atoms with Crippen LogP contribution in [-0.4, -0.2) is 59.3 Å². The number of ether oxygens (including phenoxy) is 1. The van der Waals surface area contributed by atoms with Crippen LogP contribution in [-0.2, 0) is 4.74 Å². The lowest BCUT2D eigenvalue weighted by molar-refractivity contribution is 0.0208. The number of aromatic nitrogens is 2. The molecule has 3 aliphatic rings. The third-order valence-electron chi connectivity index (χ3n) is 7.41. The second-order valence-electron chi connectivity index (χ2n) is 9.54. The van der Waals surface area contributed by atoms with E-state index in [1.807, 2.05) is 25.2 Å². The monoisotopic (exact) mass is 463 g/mol. The predicted molar refractivity (Wildman–Crippen MR) is 126 cm³/mol. The number of hydrogen-bond acceptors (Lipinski definition) is 4. The number of fused-ring (bicyclic) bond motifs is 1. The molecule has 2 saturated heterocycles. The lowest BCUT2D eigenvalue weighted by Gasteiger charge is -2.34. The van der Waals surface area contributed by atoms with E-state index < -0.39 is 17.5 Å². The standard InChI is InChI=1S/C25H26FN5O3/c1-29-12-13-30(23(29)32)17-6-7-19-20(14-17)28-22(27-19)16-8-10-25(11-9-16)15-31(24(33)34-25)21-5-3-2-4-18(21)26/h2-7,14,16H,8-13,15H2,1H3,(H,27,28). The average Bonchev–Trinajstić information content (AvgIpc) is 3.50. The Hall–Kier alpha value is -3.62. The molecule has 1 N–H and O–H groups in total. The Morgan fingerprint density at radius 1 is 1.09 bits per heavy atom. The van der Waals surface area contributed by atoms with Crippen LogP contribution in [0.4, 0.5) is 25.4 Å². The predicted octanol–water partition coefficient (Wildman–Crippen LogP) is 4.63. The van der Waals surface area contributed by atoms with E-state index in [0.29, 0.717) is 32.5 Å². The highest BCUT2D eigenvalue weighted by Crippen LogP contribution is 2.44. The van der Waals surface area contributed by atoms with Gasteiger partial charge in [-0.3, -0.25) is 9.80 Å². The van der Waals surface area contributed by atoms with Crippen LogP contribution in [0.5, 0.6) is 0 Å². The van der Waals surface area contributed by atoms with Crippen LogP contribution in [0.25, 0.3) is 11.0 Å². The molecule has 0 radical (unpaired) electrons. The van der Waals surface area contributed by atoms with Crippen LogP contribution in [0.2, 0.25) is 0 Å². The molecule has 2 aliphatic heterocycles. The minimum absolute atomic E-state index is 0.00667. The summed E-state index contributed by atoms with van der Waals surface area (Å²) in [4.78, 5) is 38.0. The Morgan fingerprint density at radius 2 is 1.88 bits per heavy atom. The molecule has 2 aromatic carbocycles. The van der Waals surface area contributed by atoms with E-state index in [0.717, 1.165) is 35.4 Å². The van der Waals surface area contributed by atoms with E-state index >= 15 is 0 Å². The van der Waals surface area contributed by atoms with Gasteiger partial charge in [0.2, 0.25) is 0 Å². The van der Waals surface area contributed by atoms with Gasteiger partial charge in [0.15, 0.2) is 0 Å². The van der Waals surface area contributed by atoms with E-state index in [2.05, 4.69) is 4.98 Å². The van der Waals surface area contributed by atoms with Gasteiger partial charge in [-0.25, -0.2) is 19.0 Å². The molecule has 0 unspecified atom stereocenters. The summed E-state index contributed by atoms with van der Waals surface area (Å²) in [6.07, 6.45) is 2.55. The summed E-state index contributed by atoms with van der Waals surface area (Å²) in [7, 11) is 1.81. The number of amides is 3. The normalized spacial score (nSPS) is 25.1. The Kier molecular flexibility index (Phi) is 4.75. The zero-order chi connectivity index (χ0) is 23.4. The quantitative estimate of drug-likeness (QED) is 0.614. The van der Waals surface area contributed by atoms with Crippen molar-refractivity contribution in [3.8, 4) is 0 Å². The zero-order valence-corrected chi connectivity index (χ0v) is 19.0. The first-order valence-electron chi connectivity index (χ1n) is 11.7. The summed E-state index contributed by atoms with van der Waals surface area (Å²) in [5, 5.41) is 0. The fraction of sp³-hybridized carbons (Fsp3) is 0.400. The minimum atomic E-state index is -0.586. The number of H-pyrrole nitrogens is 1. The molecule has 0 bridgehead atoms. The van der Waals surface area contributed by atoms with Gasteiger partial charge in [0.05, 0.1) is 23.3 Å². The number of benzene rings is 2. The van der Waals surface area contributed by atoms with E-state index in [1.165, 1.54) is 11.0 Å². The van der Waals surface area contributed by atoms with Crippen LogP contribution in [0.3, 0.4) is 0 Å². The van der Waals surface area contributed by atoms with Crippen molar-refractivity contribution >= 4 is 34.5 Å². The Labute approximate surface area is 196 Å². The molecule has 1 aromatic heterocycles. The first kappa shape index (κ1) is 20.9. The number of aromatic amines is 1. The highest BCUT2D eigenvalue weighted by molar-refractivity contribution is 5.96. The molecule has 176 valence electrons. The molecule has 3 heterocycles. The van der Waals surface area contributed by atoms with Crippen LogP contribution in [0.15, 0.2) is 42.5 Å². The molecule has 8 nitrogen and oxygen atoms in total. The maximum atomic E-state index is 14.2. The summed E-state index contributed by atoms with van der Waals surface area (Å²) in [5.41, 5.74) is 2.33. The highest BCUT2D eigenvalue weighted by atomic mass is 19.1. The summed E-state index contributed by atoms with van der Waals surface area (Å²) in [6, 6.07) is 12.2. The number of anilines is 2. The van der Waals surface area contributed by atoms with Gasteiger partial charge in [0, 0.05) is 31.7 Å². The summed E-state index contributed by atoms with van der Waals surface area (Å²) in [5.74, 6) is 0.721. The van der Waals surface area contributed by atoms with Crippen molar-refractivity contribution in [1.29, 1.82) is 0 Å². The largest absolute Gasteiger partial charge is 0.441 e. The number of likely N-dealkylation sites (N-methyl/N-ethyl adjacent to an activating group) is 1. The minimum Gasteiger partial charge on any atom is -0.441 e. The van der Waals surface area contributed by atoms with Crippen LogP contribution in [0, 0.1) is 5.82 Å². The number of carbonyl (C=O) groups excluding carboxylic acids is 2. The van der Waals surface area contributed by atoms with Gasteiger partial charge in [0.1, 0.15) is 17.2 Å². The fourth-order valence-electron chi connectivity index (χ4n) is 5.42. The third kappa shape index (κ3) is 3.38. The molecule has 3 amide bonds. The van der Waals surface area contributed by atoms with E-state index in [9.17, 15) is 14.0 Å². The molecule has 6 rings (SSSR count). The molecule has 1 spiro atoms. The number of hydrogen-bond donors (Lipinski definition) is 1. The summed E-state index contributed by atoms with van der Waals surface area (Å²) >= 11 is 0. The second kappa shape index (κ2) is 7.72. The van der Waals surface area contributed by atoms with Gasteiger partial charge in [0.25, 0.3) is 0 Å². The number of nitrogens with one attached hydrogen (secondary N) is 1. The topological polar surface area (TPSA) is 81.8 Å². The van der Waals surface area contributed by atoms with E-state index in [4.69, 9.17) is 9.72 Å². The maximum Gasteiger partial charge on any atom is 0.415 e. The molecule has 3 aromatic rings. The molecule has 34 heavy (non-hydrogen) atoms. The first-order chi connectivity index (χ1) is 16.4. The SMILES string of the molecule is CN1CCN(c2ccc3nc(C4CCC5(CC4)CN(c4ccccc4F)C(=O)O5)[nH]c3c2)C1=O. The number of nitrogens with zero attached hydrogens (tertiary/aromatic N) is 4. The first-order valence-corrected chi connectivity index (χ1v) is 11.7. The number of rotatable bonds is 3. The fourth-order valence-corrected chi connectivity index (χ4v) is 5.42. The summed E-state index contributed by atoms with van der Waals surface area (Å²) in [6.45, 7) is 1.75. The van der Waals surface area contributed by atoms with Gasteiger partial charge in [-0.2, -0.15) is 0 Å². The molecule has 1 aliphatic carbocycles. The number of urea groups is 1. The van der Waals surface area contributed by atoms with Gasteiger partial charge in [-0.1, -0.05) is 12.1 Å². The Morgan fingerprint density at radius 3 is 2.62 bits per heavy atom. The number of para-hydroxylation sites is 1. The smallest absolute Gasteiger partial charge is 0.415 e. The van der Waals surface area contributed by atoms with Crippen LogP contribution in [0.1, 0.15) is 37.4 Å². The molecule has 1 saturated carbocycles. The van der Waals surface area contributed by atoms with Crippen molar-refractivity contribution in [2.45, 2.75) is 37.2 Å². The van der Waals surface area contributed by atoms with Crippen molar-refractivity contribution in [2.24, 2.45) is 0 Å². The average molecular weight is 464 g/mol. The van der Waals surface area contributed by atoms with Crippen molar-refractivity contribution in [1.82, 2.24) is 14.9 Å². The van der Waals surface area contributed by atoms with E-state index in [-0.39, 0.29) is 17.6 Å². The number of carbonyl (C=O) groups is 2. The maximum absolute atomic E-state index is 14.2. The Balaban J connectivity index is 1.17. The Bertz CT molecular complexity index is 1280. The third-order valence-corrected chi connectivity index (χ3v) is 7.41. The van der Waals surface area contributed by atoms with Crippen LogP contribution >= 0.6 is 0 Å². The molecular formula is C25H26FN5O3. The lowest BCUT2D eigenvalue weighted by Crippen LogP contribution is -2.38. The molecule has 9 heteroatoms.